The average Bonchev–Trinajstić information content (AvgIpc) is 2.65. The van der Waals surface area contributed by atoms with Gasteiger partial charge >= 0.3 is 0 Å². The number of hydrogen-bond donors (Lipinski definition) is 2. The van der Waals surface area contributed by atoms with E-state index in [-0.39, 0.29) is 6.54 Å². The number of methoxy groups -OCH3 is 2. The highest BCUT2D eigenvalue weighted by molar-refractivity contribution is 8.08. The fourth-order valence-corrected chi connectivity index (χ4v) is 3.80. The normalized spacial score (nSPS) is 12.1. The van der Waals surface area contributed by atoms with Crippen molar-refractivity contribution in [1.29, 1.82) is 5.26 Å². The van der Waals surface area contributed by atoms with Crippen LogP contribution in [0.15, 0.2) is 22.7 Å². The van der Waals surface area contributed by atoms with Crippen LogP contribution in [0.1, 0.15) is 25.3 Å². The van der Waals surface area contributed by atoms with E-state index in [4.69, 9.17) is 14.6 Å². The number of aliphatic imine (C=N–C) groups is 1. The Labute approximate surface area is 164 Å². The third-order valence-electron chi connectivity index (χ3n) is 3.55. The number of hydrogen-bond acceptors (Lipinski definition) is 7. The first-order valence-corrected chi connectivity index (χ1v) is 10.5. The van der Waals surface area contributed by atoms with E-state index in [0.717, 1.165) is 16.9 Å². The highest BCUT2D eigenvalue weighted by Gasteiger charge is 2.16. The zero-order valence-corrected chi connectivity index (χ0v) is 17.2. The van der Waals surface area contributed by atoms with Crippen molar-refractivity contribution in [3.8, 4) is 17.6 Å². The summed E-state index contributed by atoms with van der Waals surface area (Å²) in [5.74, 6) is 1.74. The van der Waals surface area contributed by atoms with Gasteiger partial charge in [0.25, 0.3) is 10.2 Å². The Balaban J connectivity index is 2.99. The van der Waals surface area contributed by atoms with Gasteiger partial charge in [0.15, 0.2) is 11.5 Å². The molecule has 1 rings (SSSR count). The van der Waals surface area contributed by atoms with Crippen molar-refractivity contribution in [2.24, 2.45) is 10.1 Å². The summed E-state index contributed by atoms with van der Waals surface area (Å²) >= 11 is 1.49. The minimum absolute atomic E-state index is 0.269. The van der Waals surface area contributed by atoms with Crippen molar-refractivity contribution in [2.45, 2.75) is 19.8 Å². The number of nitrogens with one attached hydrogen (secondary N) is 1. The summed E-state index contributed by atoms with van der Waals surface area (Å²) in [5.41, 5.74) is 1.86. The first kappa shape index (κ1) is 23.0. The quantitative estimate of drug-likeness (QED) is 0.327. The highest BCUT2D eigenvalue weighted by Crippen LogP contribution is 2.42. The molecule has 0 fully saturated rings. The Morgan fingerprint density at radius 1 is 1.33 bits per heavy atom. The second-order valence-electron chi connectivity index (χ2n) is 5.44. The molecule has 0 aliphatic rings. The second kappa shape index (κ2) is 10.9. The molecule has 8 nitrogen and oxygen atoms in total. The number of allylic oxidation sites excluding steroid dienone is 1. The Kier molecular flexibility index (Phi) is 9.31. The second-order valence-corrected chi connectivity index (χ2v) is 7.93. The van der Waals surface area contributed by atoms with E-state index in [2.05, 4.69) is 22.5 Å². The fourth-order valence-electron chi connectivity index (χ4n) is 2.24. The molecular formula is C17H24N4O4S2. The van der Waals surface area contributed by atoms with E-state index >= 15 is 0 Å². The lowest BCUT2D eigenvalue weighted by Crippen LogP contribution is -2.31. The number of thioether (sulfide) groups is 1. The van der Waals surface area contributed by atoms with Gasteiger partial charge < -0.3 is 9.47 Å². The molecule has 0 saturated carbocycles. The lowest BCUT2D eigenvalue weighted by molar-refractivity contribution is 0.355. The molecule has 148 valence electrons. The van der Waals surface area contributed by atoms with Gasteiger partial charge in [0.1, 0.15) is 0 Å². The van der Waals surface area contributed by atoms with Gasteiger partial charge in [-0.15, -0.1) is 11.8 Å². The molecule has 0 amide bonds. The van der Waals surface area contributed by atoms with Gasteiger partial charge in [-0.1, -0.05) is 0 Å². The average molecular weight is 413 g/mol. The topological polar surface area (TPSA) is 127 Å². The van der Waals surface area contributed by atoms with Crippen LogP contribution in [0.5, 0.6) is 11.5 Å². The van der Waals surface area contributed by atoms with E-state index in [1.807, 2.05) is 0 Å². The third-order valence-corrected chi connectivity index (χ3v) is 5.46. The number of nitrogens with zero attached hydrogens (tertiary/aromatic N) is 2. The maximum atomic E-state index is 10.8. The van der Waals surface area contributed by atoms with Gasteiger partial charge in [0.2, 0.25) is 0 Å². The van der Waals surface area contributed by atoms with Crippen molar-refractivity contribution in [3.05, 3.63) is 23.3 Å². The van der Waals surface area contributed by atoms with Gasteiger partial charge in [-0.05, 0) is 38.3 Å². The minimum atomic E-state index is -3.67. The summed E-state index contributed by atoms with van der Waals surface area (Å²) in [6.07, 6.45) is 1.36. The Morgan fingerprint density at radius 3 is 2.48 bits per heavy atom. The first-order chi connectivity index (χ1) is 12.8. The number of unbranched alkanes of at least 4 members (excludes halogenated alkanes) is 1. The van der Waals surface area contributed by atoms with Gasteiger partial charge in [-0.3, -0.25) is 4.99 Å². The monoisotopic (exact) mass is 412 g/mol. The summed E-state index contributed by atoms with van der Waals surface area (Å²) in [6.45, 7) is 5.60. The summed E-state index contributed by atoms with van der Waals surface area (Å²) in [5, 5.41) is 14.3. The molecule has 0 spiro atoms. The molecule has 27 heavy (non-hydrogen) atoms. The zero-order chi connectivity index (χ0) is 20.4. The molecule has 0 heterocycles. The van der Waals surface area contributed by atoms with Crippen molar-refractivity contribution < 1.29 is 17.9 Å². The van der Waals surface area contributed by atoms with E-state index in [1.165, 1.54) is 26.0 Å². The Hall–Kier alpha value is -2.06. The molecule has 0 aliphatic carbocycles. The minimum Gasteiger partial charge on any atom is -0.493 e. The Bertz CT molecular complexity index is 845. The fraction of sp³-hybridized carbons (Fsp3) is 0.412. The zero-order valence-electron chi connectivity index (χ0n) is 15.6. The maximum absolute atomic E-state index is 10.8. The predicted octanol–water partition coefficient (Wildman–Crippen LogP) is 2.60. The standard InChI is InChI=1S/C17H24N4O4S2/c1-12(11-18)17(26-8-6-5-7-21-27(19,22)23)13-9-15(24-3)16(25-4)10-14(13)20-2/h9-10,21H,2,5-8H2,1,3-4H3,(H2,19,22,23)/b17-12-. The number of ether oxygens (including phenoxy) is 2. The number of nitrogens with two attached hydrogens (primary N) is 1. The largest absolute Gasteiger partial charge is 0.493 e. The van der Waals surface area contributed by atoms with E-state index in [1.54, 1.807) is 19.1 Å². The molecule has 0 unspecified atom stereocenters. The van der Waals surface area contributed by atoms with Crippen LogP contribution in [0.4, 0.5) is 5.69 Å². The van der Waals surface area contributed by atoms with Gasteiger partial charge in [-0.25, -0.2) is 9.86 Å². The molecule has 0 atom stereocenters. The molecule has 0 saturated heterocycles. The van der Waals surface area contributed by atoms with Crippen LogP contribution in [0.25, 0.3) is 4.91 Å². The molecule has 0 bridgehead atoms. The molecule has 10 heteroatoms. The highest BCUT2D eigenvalue weighted by atomic mass is 32.2. The van der Waals surface area contributed by atoms with Crippen LogP contribution in [0.2, 0.25) is 0 Å². The van der Waals surface area contributed by atoms with Crippen LogP contribution in [0.3, 0.4) is 0 Å². The third kappa shape index (κ3) is 7.22. The number of rotatable bonds is 11. The number of nitriles is 1. The maximum Gasteiger partial charge on any atom is 0.274 e. The van der Waals surface area contributed by atoms with Crippen LogP contribution in [0, 0.1) is 11.3 Å². The summed E-state index contributed by atoms with van der Waals surface area (Å²) < 4.78 is 34.6. The van der Waals surface area contributed by atoms with Crippen molar-refractivity contribution in [3.63, 3.8) is 0 Å². The van der Waals surface area contributed by atoms with E-state index in [9.17, 15) is 13.7 Å². The van der Waals surface area contributed by atoms with Crippen molar-refractivity contribution in [2.75, 3.05) is 26.5 Å². The van der Waals surface area contributed by atoms with Crippen molar-refractivity contribution >= 4 is 39.3 Å². The van der Waals surface area contributed by atoms with Crippen LogP contribution in [-0.2, 0) is 10.2 Å². The first-order valence-electron chi connectivity index (χ1n) is 8.01. The Morgan fingerprint density at radius 2 is 1.96 bits per heavy atom. The smallest absolute Gasteiger partial charge is 0.274 e. The van der Waals surface area contributed by atoms with E-state index < -0.39 is 10.2 Å². The van der Waals surface area contributed by atoms with Crippen LogP contribution in [-0.4, -0.2) is 41.7 Å². The molecule has 1 aromatic rings. The summed E-state index contributed by atoms with van der Waals surface area (Å²) in [7, 11) is -0.595. The SMILES string of the molecule is C=Nc1cc(OC)c(OC)cc1/C(SCCCCNS(N)(=O)=O)=C(\C)C#N. The molecule has 0 aromatic heterocycles. The lowest BCUT2D eigenvalue weighted by Gasteiger charge is -2.15. The van der Waals surface area contributed by atoms with Gasteiger partial charge in [-0.2, -0.15) is 13.7 Å². The molecule has 0 aliphatic heterocycles. The van der Waals surface area contributed by atoms with Gasteiger partial charge in [0, 0.05) is 28.7 Å². The van der Waals surface area contributed by atoms with E-state index in [0.29, 0.717) is 34.9 Å². The molecule has 0 radical (unpaired) electrons. The lowest BCUT2D eigenvalue weighted by atomic mass is 10.1. The molecular weight excluding hydrogens is 388 g/mol. The van der Waals surface area contributed by atoms with Crippen LogP contribution < -0.4 is 19.3 Å². The van der Waals surface area contributed by atoms with Gasteiger partial charge in [0.05, 0.1) is 26.0 Å². The number of benzene rings is 1. The summed E-state index contributed by atoms with van der Waals surface area (Å²) in [4.78, 5) is 4.81. The van der Waals surface area contributed by atoms with Crippen molar-refractivity contribution in [1.82, 2.24) is 4.72 Å². The molecule has 1 aromatic carbocycles. The summed E-state index contributed by atoms with van der Waals surface area (Å²) in [6, 6.07) is 5.65. The molecule has 3 N–H and O–H groups in total. The predicted molar refractivity (Wildman–Crippen MR) is 110 cm³/mol. The van der Waals surface area contributed by atoms with Crippen LogP contribution >= 0.6 is 11.8 Å².